The quantitative estimate of drug-likeness (QED) is 0.440. The Hall–Kier alpha value is -3.02. The second-order valence-electron chi connectivity index (χ2n) is 8.41. The third-order valence-corrected chi connectivity index (χ3v) is 4.39. The molecule has 3 rings (SSSR count). The molecule has 0 saturated carbocycles. The van der Waals surface area contributed by atoms with E-state index in [1.54, 1.807) is 18.3 Å². The van der Waals surface area contributed by atoms with Gasteiger partial charge in [0.1, 0.15) is 5.82 Å². The molecule has 0 spiro atoms. The summed E-state index contributed by atoms with van der Waals surface area (Å²) in [5.74, 6) is -1.07. The zero-order valence-electron chi connectivity index (χ0n) is 21.3. The summed E-state index contributed by atoms with van der Waals surface area (Å²) in [6.45, 7) is 17.8. The first kappa shape index (κ1) is 28.0. The van der Waals surface area contributed by atoms with Crippen molar-refractivity contribution in [2.45, 2.75) is 73.8 Å². The van der Waals surface area contributed by atoms with E-state index >= 15 is 0 Å². The van der Waals surface area contributed by atoms with Crippen LogP contribution in [0, 0.1) is 11.6 Å². The van der Waals surface area contributed by atoms with E-state index in [4.69, 9.17) is 0 Å². The van der Waals surface area contributed by atoms with Gasteiger partial charge < -0.3 is 9.88 Å². The van der Waals surface area contributed by atoms with E-state index in [9.17, 15) is 13.6 Å². The van der Waals surface area contributed by atoms with Crippen molar-refractivity contribution in [3.05, 3.63) is 71.8 Å². The van der Waals surface area contributed by atoms with E-state index in [2.05, 4.69) is 10.3 Å². The number of imidazole rings is 1. The monoisotopic (exact) mass is 457 g/mol. The highest BCUT2D eigenvalue weighted by atomic mass is 19.2. The van der Waals surface area contributed by atoms with Crippen LogP contribution in [-0.4, -0.2) is 21.0 Å². The van der Waals surface area contributed by atoms with Crippen LogP contribution in [-0.2, 0) is 0 Å². The van der Waals surface area contributed by atoms with Gasteiger partial charge in [-0.2, -0.15) is 0 Å². The molecule has 3 aromatic rings. The Balaban J connectivity index is 0.00000129. The molecule has 0 fully saturated rings. The van der Waals surface area contributed by atoms with Crippen LogP contribution in [0.5, 0.6) is 0 Å². The third-order valence-electron chi connectivity index (χ3n) is 4.39. The molecule has 0 atom stereocenters. The Morgan fingerprint density at radius 2 is 1.58 bits per heavy atom. The van der Waals surface area contributed by atoms with Gasteiger partial charge in [-0.3, -0.25) is 4.79 Å². The van der Waals surface area contributed by atoms with Gasteiger partial charge in [0.25, 0.3) is 5.91 Å². The molecule has 33 heavy (non-hydrogen) atoms. The number of hydrogen-bond donors (Lipinski definition) is 1. The number of aromatic nitrogens is 2. The summed E-state index contributed by atoms with van der Waals surface area (Å²) in [4.78, 5) is 17.2. The van der Waals surface area contributed by atoms with Crippen LogP contribution >= 0.6 is 0 Å². The maximum absolute atomic E-state index is 13.8. The first-order valence-electron chi connectivity index (χ1n) is 11.5. The predicted molar refractivity (Wildman–Crippen MR) is 133 cm³/mol. The van der Waals surface area contributed by atoms with Crippen molar-refractivity contribution < 1.29 is 13.6 Å². The lowest BCUT2D eigenvalue weighted by molar-refractivity contribution is 0.0919. The smallest absolute Gasteiger partial charge is 0.251 e. The van der Waals surface area contributed by atoms with Gasteiger partial charge in [-0.25, -0.2) is 13.8 Å². The zero-order chi connectivity index (χ0) is 25.3. The fourth-order valence-corrected chi connectivity index (χ4v) is 3.10. The van der Waals surface area contributed by atoms with Gasteiger partial charge >= 0.3 is 0 Å². The van der Waals surface area contributed by atoms with Crippen LogP contribution in [0.2, 0.25) is 0 Å². The Kier molecular flexibility index (Phi) is 10.4. The maximum atomic E-state index is 13.8. The van der Waals surface area contributed by atoms with Crippen LogP contribution in [0.4, 0.5) is 8.78 Å². The molecule has 0 aliphatic rings. The van der Waals surface area contributed by atoms with E-state index < -0.39 is 17.2 Å². The molecule has 0 aliphatic heterocycles. The summed E-state index contributed by atoms with van der Waals surface area (Å²) in [6, 6.07) is 9.02. The van der Waals surface area contributed by atoms with Gasteiger partial charge in [0.05, 0.1) is 0 Å². The Morgan fingerprint density at radius 3 is 2.12 bits per heavy atom. The molecule has 2 aromatic carbocycles. The number of carbonyl (C=O) groups excluding carboxylic acids is 1. The van der Waals surface area contributed by atoms with Gasteiger partial charge in [0.2, 0.25) is 0 Å². The lowest BCUT2D eigenvalue weighted by Crippen LogP contribution is -2.40. The Morgan fingerprint density at radius 1 is 0.939 bits per heavy atom. The van der Waals surface area contributed by atoms with Gasteiger partial charge in [-0.1, -0.05) is 47.6 Å². The predicted octanol–water partition coefficient (Wildman–Crippen LogP) is 7.52. The third kappa shape index (κ3) is 7.52. The number of rotatable bonds is 4. The highest BCUT2D eigenvalue weighted by Gasteiger charge is 2.18. The lowest BCUT2D eigenvalue weighted by atomic mass is 10.00. The molecular weight excluding hydrogens is 420 g/mol. The largest absolute Gasteiger partial charge is 0.347 e. The van der Waals surface area contributed by atoms with E-state index in [1.165, 1.54) is 6.07 Å². The number of amides is 1. The first-order chi connectivity index (χ1) is 15.5. The molecule has 0 saturated heterocycles. The highest BCUT2D eigenvalue weighted by molar-refractivity contribution is 5.96. The second kappa shape index (κ2) is 12.3. The van der Waals surface area contributed by atoms with E-state index in [0.29, 0.717) is 16.7 Å². The summed E-state index contributed by atoms with van der Waals surface area (Å²) >= 11 is 0. The topological polar surface area (TPSA) is 46.9 Å². The molecule has 1 N–H and O–H groups in total. The van der Waals surface area contributed by atoms with Crippen molar-refractivity contribution in [2.75, 3.05) is 0 Å². The van der Waals surface area contributed by atoms with Crippen molar-refractivity contribution in [2.24, 2.45) is 0 Å². The number of hydrogen-bond acceptors (Lipinski definition) is 2. The minimum atomic E-state index is -0.931. The number of nitrogens with zero attached hydrogens (tertiary/aromatic N) is 2. The summed E-state index contributed by atoms with van der Waals surface area (Å²) in [5, 5.41) is 2.95. The number of halogens is 2. The molecule has 1 aromatic heterocycles. The SMILES string of the molecule is CC.CC.CC(C)c1nccn1-c1cc(C(=O)NC(C)(C)C)cc(-c2ccc(F)c(F)c2)c1. The minimum absolute atomic E-state index is 0.170. The van der Waals surface area contributed by atoms with Crippen molar-refractivity contribution in [3.8, 4) is 16.8 Å². The van der Waals surface area contributed by atoms with Gasteiger partial charge in [0.15, 0.2) is 11.6 Å². The average molecular weight is 458 g/mol. The Bertz CT molecular complexity index is 1050. The second-order valence-corrected chi connectivity index (χ2v) is 8.41. The van der Waals surface area contributed by atoms with Gasteiger partial charge in [-0.15, -0.1) is 0 Å². The molecule has 0 bridgehead atoms. The highest BCUT2D eigenvalue weighted by Crippen LogP contribution is 2.28. The average Bonchev–Trinajstić information content (AvgIpc) is 3.27. The molecule has 1 heterocycles. The van der Waals surface area contributed by atoms with Crippen LogP contribution < -0.4 is 5.32 Å². The summed E-state index contributed by atoms with van der Waals surface area (Å²) in [7, 11) is 0. The van der Waals surface area contributed by atoms with Crippen LogP contribution in [0.3, 0.4) is 0 Å². The fourth-order valence-electron chi connectivity index (χ4n) is 3.10. The van der Waals surface area contributed by atoms with Crippen molar-refractivity contribution in [1.29, 1.82) is 0 Å². The number of nitrogens with one attached hydrogen (secondary N) is 1. The maximum Gasteiger partial charge on any atom is 0.251 e. The minimum Gasteiger partial charge on any atom is -0.347 e. The molecule has 0 aliphatic carbocycles. The Labute approximate surface area is 197 Å². The zero-order valence-corrected chi connectivity index (χ0v) is 21.3. The number of carbonyl (C=O) groups is 1. The number of benzene rings is 2. The van der Waals surface area contributed by atoms with E-state index in [0.717, 1.165) is 23.6 Å². The molecular formula is C27H37F2N3O. The summed E-state index contributed by atoms with van der Waals surface area (Å²) < 4.78 is 29.1. The van der Waals surface area contributed by atoms with Crippen LogP contribution in [0.1, 0.15) is 84.4 Å². The fraction of sp³-hybridized carbons (Fsp3) is 0.407. The lowest BCUT2D eigenvalue weighted by Gasteiger charge is -2.21. The molecule has 180 valence electrons. The van der Waals surface area contributed by atoms with Crippen LogP contribution in [0.25, 0.3) is 16.8 Å². The molecule has 1 amide bonds. The van der Waals surface area contributed by atoms with Crippen LogP contribution in [0.15, 0.2) is 48.8 Å². The molecule has 4 nitrogen and oxygen atoms in total. The molecule has 0 unspecified atom stereocenters. The normalized spacial score (nSPS) is 10.7. The molecule has 0 radical (unpaired) electrons. The van der Waals surface area contributed by atoms with Crippen molar-refractivity contribution in [3.63, 3.8) is 0 Å². The van der Waals surface area contributed by atoms with Gasteiger partial charge in [0, 0.05) is 35.1 Å². The van der Waals surface area contributed by atoms with E-state index in [1.807, 2.05) is 79.1 Å². The summed E-state index contributed by atoms with van der Waals surface area (Å²) in [5.41, 5.74) is 1.85. The van der Waals surface area contributed by atoms with E-state index in [-0.39, 0.29) is 11.8 Å². The molecule has 6 heteroatoms. The summed E-state index contributed by atoms with van der Waals surface area (Å²) in [6.07, 6.45) is 3.53. The van der Waals surface area contributed by atoms with Gasteiger partial charge in [-0.05, 0) is 62.2 Å². The first-order valence-corrected chi connectivity index (χ1v) is 11.5. The van der Waals surface area contributed by atoms with Crippen molar-refractivity contribution in [1.82, 2.24) is 14.9 Å². The van der Waals surface area contributed by atoms with Crippen molar-refractivity contribution >= 4 is 5.91 Å². The standard InChI is InChI=1S/C23H25F2N3O.2C2H6/c1-14(2)21-26-8-9-28(21)18-11-16(15-6-7-19(24)20(25)13-15)10-17(12-18)22(29)27-23(3,4)5;2*1-2/h6-14H,1-5H3,(H,27,29);2*1-2H3.